The van der Waals surface area contributed by atoms with Crippen LogP contribution >= 0.6 is 0 Å². The maximum atomic E-state index is 12.2. The molecule has 0 aromatic heterocycles. The summed E-state index contributed by atoms with van der Waals surface area (Å²) in [4.78, 5) is 0. The third kappa shape index (κ3) is 2.47. The smallest absolute Gasteiger partial charge is 0.263 e. The summed E-state index contributed by atoms with van der Waals surface area (Å²) in [5, 5.41) is 9.27. The second-order valence-corrected chi connectivity index (χ2v) is 2.72. The molecule has 1 rings (SSSR count). The molecule has 2 nitrogen and oxygen atoms in total. The van der Waals surface area contributed by atoms with Crippen molar-refractivity contribution in [3.63, 3.8) is 0 Å². The zero-order valence-corrected chi connectivity index (χ0v) is 6.95. The van der Waals surface area contributed by atoms with Gasteiger partial charge in [-0.15, -0.1) is 0 Å². The molecule has 0 amide bonds. The number of rotatable bonds is 3. The fraction of sp³-hybridized carbons (Fsp3) is 0.333. The van der Waals surface area contributed by atoms with Gasteiger partial charge in [-0.1, -0.05) is 18.2 Å². The van der Waals surface area contributed by atoms with Crippen molar-refractivity contribution in [1.82, 2.24) is 0 Å². The van der Waals surface area contributed by atoms with Crippen LogP contribution in [0.1, 0.15) is 23.7 Å². The summed E-state index contributed by atoms with van der Waals surface area (Å²) in [5.41, 5.74) is 5.53. The van der Waals surface area contributed by atoms with Gasteiger partial charge in [-0.3, -0.25) is 0 Å². The van der Waals surface area contributed by atoms with Crippen LogP contribution < -0.4 is 5.73 Å². The van der Waals surface area contributed by atoms with Crippen LogP contribution in [-0.2, 0) is 0 Å². The molecule has 1 aromatic rings. The average Bonchev–Trinajstić information content (AvgIpc) is 2.17. The minimum atomic E-state index is -2.51. The summed E-state index contributed by atoms with van der Waals surface area (Å²) in [6.07, 6.45) is -3.37. The predicted octanol–water partition coefficient (Wildman–Crippen LogP) is 1.62. The molecule has 1 aromatic carbocycles. The lowest BCUT2D eigenvalue weighted by Gasteiger charge is -2.09. The Hall–Kier alpha value is -1.00. The summed E-state index contributed by atoms with van der Waals surface area (Å²) < 4.78 is 24.4. The molecule has 3 N–H and O–H groups in total. The summed E-state index contributed by atoms with van der Waals surface area (Å²) in [7, 11) is 0. The van der Waals surface area contributed by atoms with E-state index >= 15 is 0 Å². The van der Waals surface area contributed by atoms with Crippen molar-refractivity contribution in [1.29, 1.82) is 0 Å². The van der Waals surface area contributed by atoms with Crippen molar-refractivity contribution in [2.45, 2.75) is 12.5 Å². The first-order chi connectivity index (χ1) is 6.15. The number of alkyl halides is 2. The van der Waals surface area contributed by atoms with Crippen LogP contribution in [0.4, 0.5) is 8.78 Å². The van der Waals surface area contributed by atoms with Crippen molar-refractivity contribution in [2.75, 3.05) is 6.54 Å². The monoisotopic (exact) mass is 187 g/mol. The number of aliphatic hydroxyl groups is 1. The second-order valence-electron chi connectivity index (χ2n) is 2.72. The summed E-state index contributed by atoms with van der Waals surface area (Å²) in [6, 6.07) is 5.64. The third-order valence-electron chi connectivity index (χ3n) is 1.77. The van der Waals surface area contributed by atoms with E-state index in [0.29, 0.717) is 5.56 Å². The van der Waals surface area contributed by atoms with Crippen molar-refractivity contribution in [3.8, 4) is 0 Å². The van der Waals surface area contributed by atoms with Gasteiger partial charge in [0.15, 0.2) is 0 Å². The van der Waals surface area contributed by atoms with Crippen LogP contribution in [0.25, 0.3) is 0 Å². The molecule has 0 aliphatic heterocycles. The first kappa shape index (κ1) is 10.1. The van der Waals surface area contributed by atoms with E-state index in [2.05, 4.69) is 0 Å². The number of benzene rings is 1. The lowest BCUT2D eigenvalue weighted by Crippen LogP contribution is -2.11. The molecular weight excluding hydrogens is 176 g/mol. The molecule has 1 unspecified atom stereocenters. The van der Waals surface area contributed by atoms with Crippen molar-refractivity contribution in [2.24, 2.45) is 5.73 Å². The average molecular weight is 187 g/mol. The molecule has 0 saturated carbocycles. The molecule has 0 aliphatic rings. The Morgan fingerprint density at radius 1 is 1.31 bits per heavy atom. The Kier molecular flexibility index (Phi) is 3.33. The molecule has 0 spiro atoms. The van der Waals surface area contributed by atoms with E-state index in [0.717, 1.165) is 0 Å². The van der Waals surface area contributed by atoms with Gasteiger partial charge in [-0.25, -0.2) is 8.78 Å². The Labute approximate surface area is 75.0 Å². The van der Waals surface area contributed by atoms with E-state index in [1.807, 2.05) is 0 Å². The van der Waals surface area contributed by atoms with E-state index in [4.69, 9.17) is 5.73 Å². The highest BCUT2D eigenvalue weighted by atomic mass is 19.3. The van der Waals surface area contributed by atoms with E-state index in [-0.39, 0.29) is 12.1 Å². The van der Waals surface area contributed by atoms with Crippen LogP contribution in [0.5, 0.6) is 0 Å². The summed E-state index contributed by atoms with van der Waals surface area (Å²) >= 11 is 0. The van der Waals surface area contributed by atoms with Gasteiger partial charge < -0.3 is 10.8 Å². The van der Waals surface area contributed by atoms with Gasteiger partial charge in [-0.2, -0.15) is 0 Å². The van der Waals surface area contributed by atoms with Gasteiger partial charge in [-0.05, 0) is 11.6 Å². The van der Waals surface area contributed by atoms with Gasteiger partial charge in [0.05, 0.1) is 6.10 Å². The van der Waals surface area contributed by atoms with E-state index in [1.54, 1.807) is 6.07 Å². The minimum absolute atomic E-state index is 0.0344. The standard InChI is InChI=1S/C9H11F2NO/c10-9(11)7-3-1-2-6(4-7)8(13)5-12/h1-4,8-9,13H,5,12H2. The van der Waals surface area contributed by atoms with Crippen LogP contribution in [0, 0.1) is 0 Å². The third-order valence-corrected chi connectivity index (χ3v) is 1.77. The number of aliphatic hydroxyl groups excluding tert-OH is 1. The Balaban J connectivity index is 2.91. The van der Waals surface area contributed by atoms with Crippen molar-refractivity contribution in [3.05, 3.63) is 35.4 Å². The number of hydrogen-bond acceptors (Lipinski definition) is 2. The van der Waals surface area contributed by atoms with E-state index in [9.17, 15) is 13.9 Å². The molecule has 0 aliphatic carbocycles. The van der Waals surface area contributed by atoms with Crippen molar-refractivity contribution >= 4 is 0 Å². The molecule has 4 heteroatoms. The SMILES string of the molecule is NCC(O)c1cccc(C(F)F)c1. The zero-order chi connectivity index (χ0) is 9.84. The molecule has 0 fully saturated rings. The molecule has 0 saturated heterocycles. The number of hydrogen-bond donors (Lipinski definition) is 2. The quantitative estimate of drug-likeness (QED) is 0.755. The first-order valence-corrected chi connectivity index (χ1v) is 3.91. The topological polar surface area (TPSA) is 46.2 Å². The van der Waals surface area contributed by atoms with E-state index < -0.39 is 12.5 Å². The predicted molar refractivity (Wildman–Crippen MR) is 45.4 cm³/mol. The highest BCUT2D eigenvalue weighted by molar-refractivity contribution is 5.26. The number of nitrogens with two attached hydrogens (primary N) is 1. The van der Waals surface area contributed by atoms with Crippen LogP contribution in [0.2, 0.25) is 0 Å². The maximum Gasteiger partial charge on any atom is 0.263 e. The molecule has 0 bridgehead atoms. The Morgan fingerprint density at radius 2 is 1.92 bits per heavy atom. The molecule has 72 valence electrons. The van der Waals surface area contributed by atoms with Crippen LogP contribution in [-0.4, -0.2) is 11.7 Å². The van der Waals surface area contributed by atoms with Gasteiger partial charge in [0.2, 0.25) is 0 Å². The highest BCUT2D eigenvalue weighted by Gasteiger charge is 2.10. The minimum Gasteiger partial charge on any atom is -0.387 e. The molecular formula is C9H11F2NO. The van der Waals surface area contributed by atoms with Crippen molar-refractivity contribution < 1.29 is 13.9 Å². The summed E-state index contributed by atoms with van der Waals surface area (Å²) in [6.45, 7) is 0.0344. The molecule has 0 heterocycles. The Bertz CT molecular complexity index is 278. The molecule has 0 radical (unpaired) electrons. The van der Waals surface area contributed by atoms with Gasteiger partial charge in [0, 0.05) is 12.1 Å². The zero-order valence-electron chi connectivity index (χ0n) is 6.95. The molecule has 1 atom stereocenters. The normalized spacial score (nSPS) is 13.3. The highest BCUT2D eigenvalue weighted by Crippen LogP contribution is 2.21. The van der Waals surface area contributed by atoms with E-state index in [1.165, 1.54) is 18.2 Å². The number of halogens is 2. The van der Waals surface area contributed by atoms with Gasteiger partial charge in [0.25, 0.3) is 6.43 Å². The van der Waals surface area contributed by atoms with Crippen LogP contribution in [0.3, 0.4) is 0 Å². The van der Waals surface area contributed by atoms with Gasteiger partial charge in [0.1, 0.15) is 0 Å². The summed E-state index contributed by atoms with van der Waals surface area (Å²) in [5.74, 6) is 0. The lowest BCUT2D eigenvalue weighted by molar-refractivity contribution is 0.150. The van der Waals surface area contributed by atoms with Gasteiger partial charge >= 0.3 is 0 Å². The maximum absolute atomic E-state index is 12.2. The first-order valence-electron chi connectivity index (χ1n) is 3.91. The Morgan fingerprint density at radius 3 is 2.46 bits per heavy atom. The molecule has 13 heavy (non-hydrogen) atoms. The fourth-order valence-electron chi connectivity index (χ4n) is 1.04. The fourth-order valence-corrected chi connectivity index (χ4v) is 1.04. The largest absolute Gasteiger partial charge is 0.387 e. The lowest BCUT2D eigenvalue weighted by atomic mass is 10.1. The van der Waals surface area contributed by atoms with Crippen LogP contribution in [0.15, 0.2) is 24.3 Å². The second kappa shape index (κ2) is 4.30.